The first kappa shape index (κ1) is 27.5. The Hall–Kier alpha value is -3.57. The van der Waals surface area contributed by atoms with Crippen molar-refractivity contribution in [1.29, 1.82) is 0 Å². The van der Waals surface area contributed by atoms with Gasteiger partial charge in [-0.25, -0.2) is 9.37 Å². The van der Waals surface area contributed by atoms with Crippen molar-refractivity contribution in [2.45, 2.75) is 51.9 Å². The summed E-state index contributed by atoms with van der Waals surface area (Å²) in [5.41, 5.74) is -0.229. The van der Waals surface area contributed by atoms with Gasteiger partial charge in [0.1, 0.15) is 17.6 Å². The molecule has 38 heavy (non-hydrogen) atoms. The lowest BCUT2D eigenvalue weighted by atomic mass is 9.94. The zero-order valence-corrected chi connectivity index (χ0v) is 21.3. The molecule has 0 spiro atoms. The molecule has 0 bridgehead atoms. The molecule has 3 heterocycles. The van der Waals surface area contributed by atoms with Crippen molar-refractivity contribution in [3.05, 3.63) is 42.3 Å². The number of halogens is 4. The van der Waals surface area contributed by atoms with Gasteiger partial charge in [-0.2, -0.15) is 18.3 Å². The van der Waals surface area contributed by atoms with E-state index in [1.54, 1.807) is 30.3 Å². The van der Waals surface area contributed by atoms with Gasteiger partial charge in [0.05, 0.1) is 36.6 Å². The van der Waals surface area contributed by atoms with Gasteiger partial charge in [-0.15, -0.1) is 0 Å². The van der Waals surface area contributed by atoms with Crippen LogP contribution in [0.3, 0.4) is 0 Å². The molecule has 206 valence electrons. The van der Waals surface area contributed by atoms with E-state index in [9.17, 15) is 27.5 Å². The number of aromatic nitrogens is 1. The van der Waals surface area contributed by atoms with Crippen molar-refractivity contribution >= 4 is 23.1 Å². The number of carboxylic acid groups (broad SMARTS) is 1. The quantitative estimate of drug-likeness (QED) is 0.466. The number of pyridine rings is 1. The van der Waals surface area contributed by atoms with E-state index >= 15 is 0 Å². The van der Waals surface area contributed by atoms with Gasteiger partial charge >= 0.3 is 12.1 Å². The third kappa shape index (κ3) is 5.94. The van der Waals surface area contributed by atoms with Crippen molar-refractivity contribution in [1.82, 2.24) is 4.98 Å². The molecule has 2 aliphatic rings. The fourth-order valence-electron chi connectivity index (χ4n) is 4.93. The van der Waals surface area contributed by atoms with Gasteiger partial charge < -0.3 is 19.5 Å². The SMILES string of the molecule is CCOc1cc(N2CCC(Oc3ccc(N4N=C(C(F)(F)F)C(C)C4CC(=O)O)cc3)C(C)C2)c(F)cn1. The summed E-state index contributed by atoms with van der Waals surface area (Å²) in [5.74, 6) is -1.79. The molecule has 1 aromatic carbocycles. The largest absolute Gasteiger partial charge is 0.490 e. The van der Waals surface area contributed by atoms with Gasteiger partial charge in [-0.1, -0.05) is 13.8 Å². The maximum absolute atomic E-state index is 14.4. The average molecular weight is 539 g/mol. The van der Waals surface area contributed by atoms with Crippen LogP contribution < -0.4 is 19.4 Å². The number of aliphatic carboxylic acids is 1. The van der Waals surface area contributed by atoms with Crippen molar-refractivity contribution in [2.75, 3.05) is 29.6 Å². The minimum absolute atomic E-state index is 0.0462. The highest BCUT2D eigenvalue weighted by Gasteiger charge is 2.48. The number of hydrogen-bond acceptors (Lipinski definition) is 7. The van der Waals surface area contributed by atoms with Gasteiger partial charge in [0.2, 0.25) is 5.88 Å². The number of ether oxygens (including phenoxy) is 2. The molecule has 1 fully saturated rings. The molecule has 2 aliphatic heterocycles. The predicted octanol–water partition coefficient (Wildman–Crippen LogP) is 5.13. The normalized spacial score (nSPS) is 23.8. The van der Waals surface area contributed by atoms with Crippen molar-refractivity contribution in [2.24, 2.45) is 16.9 Å². The highest BCUT2D eigenvalue weighted by atomic mass is 19.4. The van der Waals surface area contributed by atoms with Crippen LogP contribution in [0, 0.1) is 17.7 Å². The first-order chi connectivity index (χ1) is 18.0. The minimum Gasteiger partial charge on any atom is -0.490 e. The van der Waals surface area contributed by atoms with E-state index in [2.05, 4.69) is 10.1 Å². The molecule has 0 saturated carbocycles. The zero-order valence-electron chi connectivity index (χ0n) is 21.3. The van der Waals surface area contributed by atoms with Crippen molar-refractivity contribution in [3.63, 3.8) is 0 Å². The topological polar surface area (TPSA) is 87.5 Å². The monoisotopic (exact) mass is 538 g/mol. The third-order valence-electron chi connectivity index (χ3n) is 6.87. The van der Waals surface area contributed by atoms with E-state index in [0.29, 0.717) is 49.1 Å². The molecule has 0 amide bonds. The highest BCUT2D eigenvalue weighted by molar-refractivity contribution is 5.95. The molecule has 1 saturated heterocycles. The molecular weight excluding hydrogens is 508 g/mol. The number of anilines is 2. The number of hydrogen-bond donors (Lipinski definition) is 1. The first-order valence-corrected chi connectivity index (χ1v) is 12.4. The van der Waals surface area contributed by atoms with E-state index in [1.165, 1.54) is 6.92 Å². The van der Waals surface area contributed by atoms with Crippen LogP contribution in [0.25, 0.3) is 0 Å². The second kappa shape index (κ2) is 11.0. The Balaban J connectivity index is 1.43. The second-order valence-electron chi connectivity index (χ2n) is 9.55. The molecule has 1 aromatic heterocycles. The fourth-order valence-corrected chi connectivity index (χ4v) is 4.93. The van der Waals surface area contributed by atoms with Gasteiger partial charge in [0, 0.05) is 37.4 Å². The minimum atomic E-state index is -4.65. The van der Waals surface area contributed by atoms with Gasteiger partial charge in [0.25, 0.3) is 0 Å². The number of nitrogens with zero attached hydrogens (tertiary/aromatic N) is 4. The molecular formula is C26H30F4N4O4. The summed E-state index contributed by atoms with van der Waals surface area (Å²) < 4.78 is 66.3. The van der Waals surface area contributed by atoms with Crippen molar-refractivity contribution in [3.8, 4) is 11.6 Å². The van der Waals surface area contributed by atoms with Crippen LogP contribution in [0.4, 0.5) is 28.9 Å². The number of hydrazone groups is 1. The van der Waals surface area contributed by atoms with Crippen LogP contribution in [0.5, 0.6) is 11.6 Å². The lowest BCUT2D eigenvalue weighted by molar-refractivity contribution is -0.137. The van der Waals surface area contributed by atoms with Crippen LogP contribution in [-0.4, -0.2) is 59.8 Å². The van der Waals surface area contributed by atoms with E-state index < -0.39 is 42.1 Å². The summed E-state index contributed by atoms with van der Waals surface area (Å²) >= 11 is 0. The molecule has 4 atom stereocenters. The molecule has 4 unspecified atom stereocenters. The number of piperidine rings is 1. The number of carboxylic acids is 1. The predicted molar refractivity (Wildman–Crippen MR) is 133 cm³/mol. The maximum atomic E-state index is 14.4. The molecule has 0 radical (unpaired) electrons. The van der Waals surface area contributed by atoms with Crippen LogP contribution >= 0.6 is 0 Å². The molecule has 8 nitrogen and oxygen atoms in total. The van der Waals surface area contributed by atoms with E-state index in [4.69, 9.17) is 9.47 Å². The fraction of sp³-hybridized carbons (Fsp3) is 0.500. The summed E-state index contributed by atoms with van der Waals surface area (Å²) in [6.45, 7) is 6.69. The number of carbonyl (C=O) groups is 1. The average Bonchev–Trinajstić information content (AvgIpc) is 3.18. The summed E-state index contributed by atoms with van der Waals surface area (Å²) in [4.78, 5) is 17.2. The molecule has 4 rings (SSSR count). The van der Waals surface area contributed by atoms with E-state index in [0.717, 1.165) is 11.2 Å². The van der Waals surface area contributed by atoms with Crippen molar-refractivity contribution < 1.29 is 36.9 Å². The smallest absolute Gasteiger partial charge is 0.431 e. The zero-order chi connectivity index (χ0) is 27.6. The Labute approximate surface area is 217 Å². The molecule has 2 aromatic rings. The van der Waals surface area contributed by atoms with Crippen LogP contribution in [-0.2, 0) is 4.79 Å². The van der Waals surface area contributed by atoms with E-state index in [-0.39, 0.29) is 12.0 Å². The summed E-state index contributed by atoms with van der Waals surface area (Å²) in [7, 11) is 0. The number of benzene rings is 1. The highest BCUT2D eigenvalue weighted by Crippen LogP contribution is 2.37. The summed E-state index contributed by atoms with van der Waals surface area (Å²) in [5, 5.41) is 14.1. The third-order valence-corrected chi connectivity index (χ3v) is 6.87. The standard InChI is InChI=1S/C26H30F4N4O4/c1-4-37-23-11-21(19(27)13-31-23)33-10-9-22(15(2)14-33)38-18-7-5-17(6-8-18)34-20(12-24(35)36)16(3)25(32-34)26(28,29)30/h5-8,11,13,15-16,20,22H,4,9-10,12,14H2,1-3H3,(H,35,36). The Bertz CT molecular complexity index is 1170. The second-order valence-corrected chi connectivity index (χ2v) is 9.55. The van der Waals surface area contributed by atoms with E-state index in [1.807, 2.05) is 18.7 Å². The molecule has 12 heteroatoms. The summed E-state index contributed by atoms with van der Waals surface area (Å²) in [6, 6.07) is 7.04. The number of rotatable bonds is 8. The van der Waals surface area contributed by atoms with Crippen LogP contribution in [0.15, 0.2) is 41.6 Å². The van der Waals surface area contributed by atoms with Crippen LogP contribution in [0.2, 0.25) is 0 Å². The van der Waals surface area contributed by atoms with Gasteiger partial charge in [-0.3, -0.25) is 9.80 Å². The summed E-state index contributed by atoms with van der Waals surface area (Å²) in [6.07, 6.45) is -3.52. The number of alkyl halides is 3. The van der Waals surface area contributed by atoms with Gasteiger partial charge in [0.15, 0.2) is 5.82 Å². The molecule has 1 N–H and O–H groups in total. The lowest BCUT2D eigenvalue weighted by Gasteiger charge is -2.38. The Morgan fingerprint density at radius 2 is 1.92 bits per heavy atom. The Morgan fingerprint density at radius 1 is 1.21 bits per heavy atom. The lowest BCUT2D eigenvalue weighted by Crippen LogP contribution is -2.44. The Morgan fingerprint density at radius 3 is 2.53 bits per heavy atom. The maximum Gasteiger partial charge on any atom is 0.431 e. The van der Waals surface area contributed by atoms with Crippen LogP contribution in [0.1, 0.15) is 33.6 Å². The van der Waals surface area contributed by atoms with Gasteiger partial charge in [-0.05, 0) is 31.2 Å². The molecule has 0 aliphatic carbocycles. The Kier molecular flexibility index (Phi) is 7.98. The first-order valence-electron chi connectivity index (χ1n) is 12.4.